The molecule has 1 aromatic carbocycles. The van der Waals surface area contributed by atoms with Gasteiger partial charge in [0.25, 0.3) is 0 Å². The van der Waals surface area contributed by atoms with Crippen LogP contribution in [0.1, 0.15) is 5.82 Å². The number of hydrogen-bond donors (Lipinski definition) is 1. The highest BCUT2D eigenvalue weighted by molar-refractivity contribution is 7.80. The molecule has 0 bridgehead atoms. The number of nitrogens with two attached hydrogens (primary N) is 1. The van der Waals surface area contributed by atoms with Crippen LogP contribution in [0.3, 0.4) is 0 Å². The van der Waals surface area contributed by atoms with Crippen molar-refractivity contribution in [1.29, 1.82) is 0 Å². The van der Waals surface area contributed by atoms with E-state index >= 15 is 0 Å². The first-order valence-corrected chi connectivity index (χ1v) is 5.34. The van der Waals surface area contributed by atoms with Gasteiger partial charge in [0.2, 0.25) is 0 Å². The van der Waals surface area contributed by atoms with Crippen LogP contribution in [-0.4, -0.2) is 21.6 Å². The predicted octanol–water partition coefficient (Wildman–Crippen LogP) is 1.47. The SMILES string of the molecule is COCc1nc2ccccc2n1CC(N)=S. The fourth-order valence-electron chi connectivity index (χ4n) is 1.70. The number of benzene rings is 1. The molecule has 0 saturated heterocycles. The molecule has 4 nitrogen and oxygen atoms in total. The first kappa shape index (κ1) is 11.0. The number of hydrogen-bond acceptors (Lipinski definition) is 3. The predicted molar refractivity (Wildman–Crippen MR) is 67.2 cm³/mol. The van der Waals surface area contributed by atoms with Crippen molar-refractivity contribution in [2.45, 2.75) is 13.2 Å². The van der Waals surface area contributed by atoms with Crippen molar-refractivity contribution in [2.24, 2.45) is 5.73 Å². The summed E-state index contributed by atoms with van der Waals surface area (Å²) in [6.07, 6.45) is 0. The van der Waals surface area contributed by atoms with Crippen LogP contribution >= 0.6 is 12.2 Å². The normalized spacial score (nSPS) is 10.8. The van der Waals surface area contributed by atoms with Crippen LogP contribution in [0.4, 0.5) is 0 Å². The lowest BCUT2D eigenvalue weighted by Crippen LogP contribution is -2.18. The van der Waals surface area contributed by atoms with Crippen LogP contribution in [-0.2, 0) is 17.9 Å². The Labute approximate surface area is 99.0 Å². The fourth-order valence-corrected chi connectivity index (χ4v) is 1.83. The Bertz CT molecular complexity index is 521. The van der Waals surface area contributed by atoms with E-state index in [1.807, 2.05) is 28.8 Å². The number of para-hydroxylation sites is 2. The van der Waals surface area contributed by atoms with Gasteiger partial charge in [0.1, 0.15) is 12.4 Å². The van der Waals surface area contributed by atoms with E-state index in [9.17, 15) is 0 Å². The highest BCUT2D eigenvalue weighted by Gasteiger charge is 2.10. The third-order valence-electron chi connectivity index (χ3n) is 2.32. The van der Waals surface area contributed by atoms with Crippen molar-refractivity contribution in [3.8, 4) is 0 Å². The summed E-state index contributed by atoms with van der Waals surface area (Å²) in [4.78, 5) is 4.92. The third-order valence-corrected chi connectivity index (χ3v) is 2.45. The van der Waals surface area contributed by atoms with Crippen LogP contribution < -0.4 is 5.73 Å². The molecule has 0 amide bonds. The summed E-state index contributed by atoms with van der Waals surface area (Å²) in [5, 5.41) is 0. The Morgan fingerprint density at radius 1 is 1.50 bits per heavy atom. The van der Waals surface area contributed by atoms with E-state index in [0.29, 0.717) is 18.1 Å². The van der Waals surface area contributed by atoms with Crippen LogP contribution in [0.15, 0.2) is 24.3 Å². The van der Waals surface area contributed by atoms with Crippen LogP contribution in [0.2, 0.25) is 0 Å². The van der Waals surface area contributed by atoms with Gasteiger partial charge < -0.3 is 15.0 Å². The van der Waals surface area contributed by atoms with Crippen LogP contribution in [0.5, 0.6) is 0 Å². The Kier molecular flexibility index (Phi) is 3.17. The maximum atomic E-state index is 5.58. The van der Waals surface area contributed by atoms with Crippen LogP contribution in [0, 0.1) is 0 Å². The molecule has 84 valence electrons. The third kappa shape index (κ3) is 2.05. The van der Waals surface area contributed by atoms with E-state index in [2.05, 4.69) is 4.98 Å². The van der Waals surface area contributed by atoms with Gasteiger partial charge in [-0.25, -0.2) is 4.98 Å². The summed E-state index contributed by atoms with van der Waals surface area (Å²) in [5.74, 6) is 0.844. The van der Waals surface area contributed by atoms with E-state index in [1.54, 1.807) is 7.11 Å². The molecule has 0 radical (unpaired) electrons. The van der Waals surface area contributed by atoms with Crippen molar-refractivity contribution in [2.75, 3.05) is 7.11 Å². The van der Waals surface area contributed by atoms with Crippen LogP contribution in [0.25, 0.3) is 11.0 Å². The number of imidazole rings is 1. The van der Waals surface area contributed by atoms with Crippen molar-refractivity contribution in [3.05, 3.63) is 30.1 Å². The highest BCUT2D eigenvalue weighted by atomic mass is 32.1. The number of ether oxygens (including phenoxy) is 1. The summed E-state index contributed by atoms with van der Waals surface area (Å²) < 4.78 is 7.10. The van der Waals surface area contributed by atoms with E-state index in [0.717, 1.165) is 16.9 Å². The molecule has 0 aliphatic heterocycles. The second kappa shape index (κ2) is 4.59. The molecule has 16 heavy (non-hydrogen) atoms. The first-order chi connectivity index (χ1) is 7.72. The number of methoxy groups -OCH3 is 1. The maximum absolute atomic E-state index is 5.58. The lowest BCUT2D eigenvalue weighted by Gasteiger charge is -2.06. The second-order valence-corrected chi connectivity index (χ2v) is 4.03. The zero-order chi connectivity index (χ0) is 11.5. The lowest BCUT2D eigenvalue weighted by atomic mass is 10.3. The standard InChI is InChI=1S/C11H13N3OS/c1-15-7-11-13-8-4-2-3-5-9(8)14(11)6-10(12)16/h2-5H,6-7H2,1H3,(H2,12,16). The smallest absolute Gasteiger partial charge is 0.136 e. The summed E-state index contributed by atoms with van der Waals surface area (Å²) in [5.41, 5.74) is 7.55. The van der Waals surface area contributed by atoms with Crippen molar-refractivity contribution >= 4 is 28.2 Å². The summed E-state index contributed by atoms with van der Waals surface area (Å²) in [6, 6.07) is 7.89. The molecule has 0 spiro atoms. The molecule has 2 rings (SSSR count). The molecular formula is C11H13N3OS. The number of nitrogens with zero attached hydrogens (tertiary/aromatic N) is 2. The maximum Gasteiger partial charge on any atom is 0.136 e. The number of fused-ring (bicyclic) bond motifs is 1. The molecule has 0 saturated carbocycles. The van der Waals surface area contributed by atoms with Crippen molar-refractivity contribution in [3.63, 3.8) is 0 Å². The van der Waals surface area contributed by atoms with Crippen molar-refractivity contribution in [1.82, 2.24) is 9.55 Å². The fraction of sp³-hybridized carbons (Fsp3) is 0.273. The highest BCUT2D eigenvalue weighted by Crippen LogP contribution is 2.16. The molecule has 2 aromatic rings. The minimum absolute atomic E-state index is 0.445. The Morgan fingerprint density at radius 3 is 2.94 bits per heavy atom. The summed E-state index contributed by atoms with van der Waals surface area (Å²) in [7, 11) is 1.64. The van der Waals surface area contributed by atoms with Gasteiger partial charge >= 0.3 is 0 Å². The first-order valence-electron chi connectivity index (χ1n) is 4.93. The second-order valence-electron chi connectivity index (χ2n) is 3.50. The molecular weight excluding hydrogens is 222 g/mol. The topological polar surface area (TPSA) is 53.1 Å². The van der Waals surface area contributed by atoms with Crippen molar-refractivity contribution < 1.29 is 4.74 Å². The quantitative estimate of drug-likeness (QED) is 0.815. The zero-order valence-corrected chi connectivity index (χ0v) is 9.83. The van der Waals surface area contributed by atoms with Gasteiger partial charge in [-0.3, -0.25) is 0 Å². The summed E-state index contributed by atoms with van der Waals surface area (Å²) >= 11 is 4.94. The number of thiocarbonyl (C=S) groups is 1. The monoisotopic (exact) mass is 235 g/mol. The molecule has 0 atom stereocenters. The minimum Gasteiger partial charge on any atom is -0.392 e. The minimum atomic E-state index is 0.445. The van der Waals surface area contributed by atoms with E-state index in [1.165, 1.54) is 0 Å². The van der Waals surface area contributed by atoms with E-state index < -0.39 is 0 Å². The Morgan fingerprint density at radius 2 is 2.25 bits per heavy atom. The Hall–Kier alpha value is -1.46. The molecule has 1 heterocycles. The van der Waals surface area contributed by atoms with E-state index in [-0.39, 0.29) is 0 Å². The molecule has 2 N–H and O–H groups in total. The Balaban J connectivity index is 2.54. The molecule has 0 unspecified atom stereocenters. The van der Waals surface area contributed by atoms with Gasteiger partial charge in [-0.05, 0) is 12.1 Å². The molecule has 0 fully saturated rings. The van der Waals surface area contributed by atoms with E-state index in [4.69, 9.17) is 22.7 Å². The van der Waals surface area contributed by atoms with Gasteiger partial charge in [0.05, 0.1) is 22.6 Å². The van der Waals surface area contributed by atoms with Gasteiger partial charge in [-0.1, -0.05) is 24.4 Å². The van der Waals surface area contributed by atoms with Gasteiger partial charge in [0, 0.05) is 7.11 Å². The van der Waals surface area contributed by atoms with Gasteiger partial charge in [-0.2, -0.15) is 0 Å². The summed E-state index contributed by atoms with van der Waals surface area (Å²) in [6.45, 7) is 0.950. The molecule has 1 aromatic heterocycles. The molecule has 5 heteroatoms. The zero-order valence-electron chi connectivity index (χ0n) is 9.01. The average Bonchev–Trinajstić information content (AvgIpc) is 2.57. The number of rotatable bonds is 4. The average molecular weight is 235 g/mol. The lowest BCUT2D eigenvalue weighted by molar-refractivity contribution is 0.175. The van der Waals surface area contributed by atoms with Gasteiger partial charge in [-0.15, -0.1) is 0 Å². The largest absolute Gasteiger partial charge is 0.392 e. The molecule has 0 aliphatic rings. The van der Waals surface area contributed by atoms with Gasteiger partial charge in [0.15, 0.2) is 0 Å². The molecule has 0 aliphatic carbocycles. The number of aromatic nitrogens is 2.